The molecule has 19 heavy (non-hydrogen) atoms. The summed E-state index contributed by atoms with van der Waals surface area (Å²) in [6.07, 6.45) is 0. The Morgan fingerprint density at radius 1 is 0.947 bits per heavy atom. The van der Waals surface area contributed by atoms with E-state index in [0.717, 1.165) is 0 Å². The van der Waals surface area contributed by atoms with Gasteiger partial charge in [0.15, 0.2) is 17.4 Å². The zero-order chi connectivity index (χ0) is 14.0. The second kappa shape index (κ2) is 5.61. The third-order valence-corrected chi connectivity index (χ3v) is 3.17. The van der Waals surface area contributed by atoms with Crippen molar-refractivity contribution in [3.8, 4) is 5.75 Å². The summed E-state index contributed by atoms with van der Waals surface area (Å²) < 4.78 is 58.1. The number of rotatable bonds is 3. The molecule has 2 aromatic rings. The van der Waals surface area contributed by atoms with Gasteiger partial charge in [-0.2, -0.15) is 8.78 Å². The summed E-state index contributed by atoms with van der Waals surface area (Å²) in [5, 5.41) is 0. The number of ether oxygens (including phenoxy) is 1. The third kappa shape index (κ3) is 2.89. The zero-order valence-electron chi connectivity index (χ0n) is 9.39. The summed E-state index contributed by atoms with van der Waals surface area (Å²) in [6, 6.07) is 6.93. The van der Waals surface area contributed by atoms with Crippen LogP contribution < -0.4 is 4.74 Å². The lowest BCUT2D eigenvalue weighted by Gasteiger charge is -2.10. The highest BCUT2D eigenvalue weighted by molar-refractivity contribution is 9.10. The summed E-state index contributed by atoms with van der Waals surface area (Å²) in [6.45, 7) is -0.224. The van der Waals surface area contributed by atoms with Crippen LogP contribution in [0.4, 0.5) is 17.6 Å². The Morgan fingerprint density at radius 2 is 1.53 bits per heavy atom. The minimum Gasteiger partial charge on any atom is -0.483 e. The van der Waals surface area contributed by atoms with Crippen LogP contribution in [0.25, 0.3) is 0 Å². The molecule has 0 radical (unpaired) electrons. The Labute approximate surface area is 114 Å². The normalized spacial score (nSPS) is 10.6. The summed E-state index contributed by atoms with van der Waals surface area (Å²) in [5.41, 5.74) is 0.589. The number of hydrogen-bond donors (Lipinski definition) is 0. The van der Waals surface area contributed by atoms with Crippen LogP contribution in [0.15, 0.2) is 34.8 Å². The maximum atomic E-state index is 13.3. The van der Waals surface area contributed by atoms with Crippen molar-refractivity contribution in [2.75, 3.05) is 0 Å². The van der Waals surface area contributed by atoms with Crippen molar-refractivity contribution in [3.05, 3.63) is 63.6 Å². The minimum absolute atomic E-state index is 0.135. The van der Waals surface area contributed by atoms with E-state index in [4.69, 9.17) is 4.74 Å². The number of halogens is 5. The van der Waals surface area contributed by atoms with Crippen LogP contribution in [-0.4, -0.2) is 0 Å². The molecule has 0 aromatic heterocycles. The first-order valence-electron chi connectivity index (χ1n) is 5.20. The van der Waals surface area contributed by atoms with Crippen LogP contribution in [0.3, 0.4) is 0 Å². The molecular weight excluding hydrogens is 328 g/mol. The molecule has 0 unspecified atom stereocenters. The minimum atomic E-state index is -1.55. The maximum absolute atomic E-state index is 13.3. The highest BCUT2D eigenvalue weighted by Gasteiger charge is 2.20. The molecule has 0 amide bonds. The predicted octanol–water partition coefficient (Wildman–Crippen LogP) is 4.58. The molecule has 0 spiro atoms. The van der Waals surface area contributed by atoms with Crippen LogP contribution in [-0.2, 0) is 6.61 Å². The number of hydrogen-bond acceptors (Lipinski definition) is 1. The van der Waals surface area contributed by atoms with E-state index in [0.29, 0.717) is 10.0 Å². The Hall–Kier alpha value is -1.56. The zero-order valence-corrected chi connectivity index (χ0v) is 11.0. The topological polar surface area (TPSA) is 9.23 Å². The second-order valence-corrected chi connectivity index (χ2v) is 4.53. The van der Waals surface area contributed by atoms with E-state index in [9.17, 15) is 17.6 Å². The van der Waals surface area contributed by atoms with Crippen molar-refractivity contribution >= 4 is 15.9 Å². The van der Waals surface area contributed by atoms with Gasteiger partial charge in [-0.1, -0.05) is 34.1 Å². The van der Waals surface area contributed by atoms with Crippen molar-refractivity contribution in [3.63, 3.8) is 0 Å². The van der Waals surface area contributed by atoms with Crippen molar-refractivity contribution < 1.29 is 22.3 Å². The number of benzene rings is 2. The van der Waals surface area contributed by atoms with Gasteiger partial charge >= 0.3 is 0 Å². The molecule has 0 saturated heterocycles. The van der Waals surface area contributed by atoms with E-state index < -0.39 is 29.0 Å². The van der Waals surface area contributed by atoms with E-state index in [2.05, 4.69) is 15.9 Å². The summed E-state index contributed by atoms with van der Waals surface area (Å²) in [7, 11) is 0. The van der Waals surface area contributed by atoms with Gasteiger partial charge in [-0.05, 0) is 6.07 Å². The fraction of sp³-hybridized carbons (Fsp3) is 0.0769. The molecule has 0 aliphatic heterocycles. The smallest absolute Gasteiger partial charge is 0.203 e. The van der Waals surface area contributed by atoms with Gasteiger partial charge < -0.3 is 4.74 Å². The molecule has 0 bridgehead atoms. The van der Waals surface area contributed by atoms with Gasteiger partial charge in [-0.25, -0.2) is 8.78 Å². The molecule has 2 aromatic carbocycles. The lowest BCUT2D eigenvalue weighted by molar-refractivity contribution is 0.261. The van der Waals surface area contributed by atoms with Crippen LogP contribution in [0.1, 0.15) is 5.56 Å². The van der Waals surface area contributed by atoms with Crippen molar-refractivity contribution in [1.82, 2.24) is 0 Å². The highest BCUT2D eigenvalue weighted by Crippen LogP contribution is 2.28. The first kappa shape index (κ1) is 13.9. The van der Waals surface area contributed by atoms with Crippen LogP contribution in [0.5, 0.6) is 5.75 Å². The molecule has 0 N–H and O–H groups in total. The lowest BCUT2D eigenvalue weighted by atomic mass is 10.2. The molecule has 0 aliphatic carbocycles. The Bertz CT molecular complexity index is 590. The first-order valence-corrected chi connectivity index (χ1v) is 5.99. The molecule has 1 nitrogen and oxygen atoms in total. The Balaban J connectivity index is 2.28. The van der Waals surface area contributed by atoms with Gasteiger partial charge in [-0.3, -0.25) is 0 Å². The van der Waals surface area contributed by atoms with Gasteiger partial charge in [0.05, 0.1) is 0 Å². The van der Waals surface area contributed by atoms with Crippen LogP contribution in [0, 0.1) is 23.3 Å². The molecule has 0 fully saturated rings. The standard InChI is InChI=1S/C13H7BrF4O/c14-8-4-2-1-3-7(8)6-19-13-11(17)9(15)5-10(16)12(13)18/h1-5H,6H2. The van der Waals surface area contributed by atoms with E-state index in [1.165, 1.54) is 0 Å². The van der Waals surface area contributed by atoms with Crippen LogP contribution in [0.2, 0.25) is 0 Å². The lowest BCUT2D eigenvalue weighted by Crippen LogP contribution is -2.04. The van der Waals surface area contributed by atoms with E-state index in [1.54, 1.807) is 24.3 Å². The fourth-order valence-corrected chi connectivity index (χ4v) is 1.84. The van der Waals surface area contributed by atoms with E-state index in [-0.39, 0.29) is 12.7 Å². The average molecular weight is 335 g/mol. The van der Waals surface area contributed by atoms with Crippen molar-refractivity contribution in [2.24, 2.45) is 0 Å². The van der Waals surface area contributed by atoms with Gasteiger partial charge in [-0.15, -0.1) is 0 Å². The second-order valence-electron chi connectivity index (χ2n) is 3.68. The Kier molecular flexibility index (Phi) is 4.09. The first-order chi connectivity index (χ1) is 9.00. The largest absolute Gasteiger partial charge is 0.483 e. The summed E-state index contributed by atoms with van der Waals surface area (Å²) in [4.78, 5) is 0. The third-order valence-electron chi connectivity index (χ3n) is 2.40. The van der Waals surface area contributed by atoms with Crippen LogP contribution >= 0.6 is 15.9 Å². The highest BCUT2D eigenvalue weighted by atomic mass is 79.9. The average Bonchev–Trinajstić information content (AvgIpc) is 2.38. The van der Waals surface area contributed by atoms with Gasteiger partial charge in [0.25, 0.3) is 0 Å². The molecular formula is C13H7BrF4O. The summed E-state index contributed by atoms with van der Waals surface area (Å²) in [5.74, 6) is -7.16. The Morgan fingerprint density at radius 3 is 2.11 bits per heavy atom. The molecule has 0 saturated carbocycles. The molecule has 0 heterocycles. The SMILES string of the molecule is Fc1cc(F)c(F)c(OCc2ccccc2Br)c1F. The summed E-state index contributed by atoms with van der Waals surface area (Å²) >= 11 is 3.22. The molecule has 6 heteroatoms. The van der Waals surface area contributed by atoms with E-state index in [1.807, 2.05) is 0 Å². The molecule has 0 aliphatic rings. The van der Waals surface area contributed by atoms with Gasteiger partial charge in [0.1, 0.15) is 6.61 Å². The van der Waals surface area contributed by atoms with Crippen molar-refractivity contribution in [2.45, 2.75) is 6.61 Å². The molecule has 100 valence electrons. The fourth-order valence-electron chi connectivity index (χ4n) is 1.44. The van der Waals surface area contributed by atoms with E-state index >= 15 is 0 Å². The molecule has 0 atom stereocenters. The maximum Gasteiger partial charge on any atom is 0.203 e. The predicted molar refractivity (Wildman–Crippen MR) is 64.7 cm³/mol. The monoisotopic (exact) mass is 334 g/mol. The quantitative estimate of drug-likeness (QED) is 0.589. The molecule has 2 rings (SSSR count). The van der Waals surface area contributed by atoms with Gasteiger partial charge in [0, 0.05) is 16.1 Å². The van der Waals surface area contributed by atoms with Crippen molar-refractivity contribution in [1.29, 1.82) is 0 Å². The van der Waals surface area contributed by atoms with Gasteiger partial charge in [0.2, 0.25) is 11.6 Å².